The van der Waals surface area contributed by atoms with E-state index in [4.69, 9.17) is 5.11 Å². The van der Waals surface area contributed by atoms with Crippen LogP contribution in [0.3, 0.4) is 0 Å². The Morgan fingerprint density at radius 3 is 2.33 bits per heavy atom. The van der Waals surface area contributed by atoms with Crippen molar-refractivity contribution in [1.82, 2.24) is 9.13 Å². The second-order valence-electron chi connectivity index (χ2n) is 6.60. The summed E-state index contributed by atoms with van der Waals surface area (Å²) in [5.41, 5.74) is 2.71. The van der Waals surface area contributed by atoms with Crippen molar-refractivity contribution < 1.29 is 14.7 Å². The molecular formula is C20H21N3O4. The highest BCUT2D eigenvalue weighted by Gasteiger charge is 2.14. The fraction of sp³-hybridized carbons (Fsp3) is 0.250. The molecule has 0 bridgehead atoms. The summed E-state index contributed by atoms with van der Waals surface area (Å²) in [7, 11) is 1.68. The molecule has 7 nitrogen and oxygen atoms in total. The van der Waals surface area contributed by atoms with Crippen molar-refractivity contribution in [3.63, 3.8) is 0 Å². The molecule has 3 rings (SSSR count). The highest BCUT2D eigenvalue weighted by Crippen LogP contribution is 2.15. The zero-order chi connectivity index (χ0) is 19.6. The van der Waals surface area contributed by atoms with E-state index < -0.39 is 11.9 Å². The highest BCUT2D eigenvalue weighted by molar-refractivity contribution is 5.91. The maximum atomic E-state index is 12.4. The zero-order valence-corrected chi connectivity index (χ0v) is 15.2. The van der Waals surface area contributed by atoms with Crippen LogP contribution in [-0.2, 0) is 29.6 Å². The van der Waals surface area contributed by atoms with Crippen LogP contribution in [0.5, 0.6) is 0 Å². The molecule has 0 fully saturated rings. The van der Waals surface area contributed by atoms with Gasteiger partial charge in [0.1, 0.15) is 6.54 Å². The van der Waals surface area contributed by atoms with Crippen LogP contribution in [-0.4, -0.2) is 26.1 Å². The lowest BCUT2D eigenvalue weighted by Gasteiger charge is -2.09. The minimum absolute atomic E-state index is 0.0853. The number of anilines is 1. The number of imidazole rings is 1. The maximum Gasteiger partial charge on any atom is 0.329 e. The topological polar surface area (TPSA) is 93.3 Å². The number of rotatable bonds is 6. The van der Waals surface area contributed by atoms with Gasteiger partial charge in [-0.25, -0.2) is 4.79 Å². The minimum Gasteiger partial charge on any atom is -0.481 e. The van der Waals surface area contributed by atoms with Crippen molar-refractivity contribution in [2.24, 2.45) is 13.0 Å². The number of fused-ring (bicyclic) bond motifs is 1. The van der Waals surface area contributed by atoms with Crippen molar-refractivity contribution in [3.05, 3.63) is 64.6 Å². The van der Waals surface area contributed by atoms with Gasteiger partial charge < -0.3 is 10.4 Å². The van der Waals surface area contributed by atoms with Gasteiger partial charge >= 0.3 is 11.7 Å². The number of carbonyl (C=O) groups excluding carboxylic acids is 1. The number of carbonyl (C=O) groups is 2. The van der Waals surface area contributed by atoms with E-state index in [-0.39, 0.29) is 18.1 Å². The Balaban J connectivity index is 1.71. The summed E-state index contributed by atoms with van der Waals surface area (Å²) >= 11 is 0. The molecule has 0 saturated carbocycles. The first-order chi connectivity index (χ1) is 12.9. The molecular weight excluding hydrogens is 346 g/mol. The normalized spacial score (nSPS) is 12.1. The number of aliphatic carboxylic acids is 1. The highest BCUT2D eigenvalue weighted by atomic mass is 16.4. The van der Waals surface area contributed by atoms with Gasteiger partial charge in [-0.3, -0.25) is 18.7 Å². The van der Waals surface area contributed by atoms with Crippen molar-refractivity contribution in [3.8, 4) is 0 Å². The largest absolute Gasteiger partial charge is 0.481 e. The molecule has 0 aliphatic heterocycles. The lowest BCUT2D eigenvalue weighted by molar-refractivity contribution is -0.141. The number of carboxylic acids is 1. The number of hydrogen-bond acceptors (Lipinski definition) is 3. The molecule has 0 aliphatic carbocycles. The number of nitrogens with one attached hydrogen (secondary N) is 1. The van der Waals surface area contributed by atoms with Crippen LogP contribution in [0.2, 0.25) is 0 Å². The van der Waals surface area contributed by atoms with E-state index in [1.165, 1.54) is 9.13 Å². The molecule has 2 aromatic carbocycles. The van der Waals surface area contributed by atoms with Gasteiger partial charge in [0.25, 0.3) is 0 Å². The Hall–Kier alpha value is -3.35. The predicted octanol–water partition coefficient (Wildman–Crippen LogP) is 2.24. The van der Waals surface area contributed by atoms with E-state index in [0.717, 1.165) is 11.1 Å². The van der Waals surface area contributed by atoms with Crippen LogP contribution in [0.4, 0.5) is 5.69 Å². The number of hydrogen-bond donors (Lipinski definition) is 2. The summed E-state index contributed by atoms with van der Waals surface area (Å²) < 4.78 is 2.95. The summed E-state index contributed by atoms with van der Waals surface area (Å²) in [6.45, 7) is 1.57. The van der Waals surface area contributed by atoms with Crippen LogP contribution in [0.15, 0.2) is 53.3 Å². The number of benzene rings is 2. The third-order valence-electron chi connectivity index (χ3n) is 4.55. The van der Waals surface area contributed by atoms with Crippen LogP contribution in [0.25, 0.3) is 11.0 Å². The molecule has 7 heteroatoms. The van der Waals surface area contributed by atoms with Crippen molar-refractivity contribution in [2.75, 3.05) is 5.32 Å². The van der Waals surface area contributed by atoms with E-state index in [1.54, 1.807) is 38.2 Å². The van der Waals surface area contributed by atoms with Crippen molar-refractivity contribution in [1.29, 1.82) is 0 Å². The van der Waals surface area contributed by atoms with Crippen molar-refractivity contribution in [2.45, 2.75) is 19.9 Å². The van der Waals surface area contributed by atoms with Gasteiger partial charge in [-0.05, 0) is 36.2 Å². The monoisotopic (exact) mass is 367 g/mol. The van der Waals surface area contributed by atoms with E-state index in [0.29, 0.717) is 17.6 Å². The fourth-order valence-corrected chi connectivity index (χ4v) is 3.03. The molecule has 1 atom stereocenters. The first kappa shape index (κ1) is 18.4. The number of amides is 1. The molecule has 1 heterocycles. The standard InChI is InChI=1S/C20H21N3O4/c1-13(19(25)26)11-14-7-9-15(10-8-14)21-18(24)12-23-17-6-4-3-5-16(17)22(2)20(23)27/h3-10,13H,11-12H2,1-2H3,(H,21,24)(H,25,26). The summed E-state index contributed by atoms with van der Waals surface area (Å²) in [6, 6.07) is 14.4. The number of aromatic nitrogens is 2. The number of aryl methyl sites for hydroxylation is 1. The van der Waals surface area contributed by atoms with Crippen LogP contribution in [0, 0.1) is 5.92 Å². The van der Waals surface area contributed by atoms with E-state index in [1.807, 2.05) is 24.3 Å². The molecule has 1 unspecified atom stereocenters. The second kappa shape index (κ2) is 7.49. The van der Waals surface area contributed by atoms with Gasteiger partial charge in [-0.15, -0.1) is 0 Å². The van der Waals surface area contributed by atoms with Gasteiger partial charge in [0.2, 0.25) is 5.91 Å². The van der Waals surface area contributed by atoms with Gasteiger partial charge in [-0.1, -0.05) is 31.2 Å². The second-order valence-corrected chi connectivity index (χ2v) is 6.60. The molecule has 0 spiro atoms. The molecule has 0 saturated heterocycles. The average Bonchev–Trinajstić information content (AvgIpc) is 2.88. The minimum atomic E-state index is -0.840. The van der Waals surface area contributed by atoms with Gasteiger partial charge in [0.15, 0.2) is 0 Å². The lowest BCUT2D eigenvalue weighted by atomic mass is 10.0. The van der Waals surface area contributed by atoms with Gasteiger partial charge in [0.05, 0.1) is 17.0 Å². The maximum absolute atomic E-state index is 12.4. The molecule has 1 amide bonds. The molecule has 2 N–H and O–H groups in total. The summed E-state index contributed by atoms with van der Waals surface area (Å²) in [5, 5.41) is 11.7. The van der Waals surface area contributed by atoms with Crippen molar-refractivity contribution >= 4 is 28.6 Å². The van der Waals surface area contributed by atoms with E-state index in [9.17, 15) is 14.4 Å². The summed E-state index contributed by atoms with van der Waals surface area (Å²) in [5.74, 6) is -1.61. The first-order valence-corrected chi connectivity index (χ1v) is 8.62. The third-order valence-corrected chi connectivity index (χ3v) is 4.55. The summed E-state index contributed by atoms with van der Waals surface area (Å²) in [6.07, 6.45) is 0.426. The lowest BCUT2D eigenvalue weighted by Crippen LogP contribution is -2.28. The Kier molecular flexibility index (Phi) is 5.12. The summed E-state index contributed by atoms with van der Waals surface area (Å²) in [4.78, 5) is 35.7. The molecule has 0 radical (unpaired) electrons. The number of carboxylic acid groups (broad SMARTS) is 1. The Morgan fingerprint density at radius 2 is 1.70 bits per heavy atom. The van der Waals surface area contributed by atoms with Crippen LogP contribution >= 0.6 is 0 Å². The number of nitrogens with zero attached hydrogens (tertiary/aromatic N) is 2. The first-order valence-electron chi connectivity index (χ1n) is 8.62. The molecule has 1 aromatic heterocycles. The molecule has 0 aliphatic rings. The van der Waals surface area contributed by atoms with Gasteiger partial charge in [0, 0.05) is 12.7 Å². The van der Waals surface area contributed by atoms with E-state index in [2.05, 4.69) is 5.32 Å². The molecule has 3 aromatic rings. The molecule has 140 valence electrons. The molecule has 27 heavy (non-hydrogen) atoms. The van der Waals surface area contributed by atoms with E-state index >= 15 is 0 Å². The number of para-hydroxylation sites is 2. The SMILES string of the molecule is CC(Cc1ccc(NC(=O)Cn2c(=O)n(C)c3ccccc32)cc1)C(=O)O. The Labute approximate surface area is 155 Å². The third kappa shape index (κ3) is 3.92. The Bertz CT molecular complexity index is 1050. The average molecular weight is 367 g/mol. The predicted molar refractivity (Wildman–Crippen MR) is 103 cm³/mol. The van der Waals surface area contributed by atoms with Gasteiger partial charge in [-0.2, -0.15) is 0 Å². The Morgan fingerprint density at radius 1 is 1.07 bits per heavy atom. The van der Waals surface area contributed by atoms with Crippen LogP contribution in [0.1, 0.15) is 12.5 Å². The fourth-order valence-electron chi connectivity index (χ4n) is 3.03. The zero-order valence-electron chi connectivity index (χ0n) is 15.2. The smallest absolute Gasteiger partial charge is 0.329 e. The van der Waals surface area contributed by atoms with Crippen LogP contribution < -0.4 is 11.0 Å². The quantitative estimate of drug-likeness (QED) is 0.699.